The molecule has 0 fully saturated rings. The Balaban J connectivity index is 1.92. The third-order valence-corrected chi connectivity index (χ3v) is 4.02. The number of halogens is 1. The summed E-state index contributed by atoms with van der Waals surface area (Å²) in [7, 11) is 4.15. The van der Waals surface area contributed by atoms with Gasteiger partial charge in [-0.15, -0.1) is 0 Å². The average molecular weight is 318 g/mol. The van der Waals surface area contributed by atoms with E-state index < -0.39 is 0 Å². The van der Waals surface area contributed by atoms with E-state index in [0.717, 1.165) is 30.3 Å². The van der Waals surface area contributed by atoms with Gasteiger partial charge in [-0.05, 0) is 55.9 Å². The van der Waals surface area contributed by atoms with Crippen molar-refractivity contribution in [2.75, 3.05) is 27.2 Å². The van der Waals surface area contributed by atoms with E-state index in [1.807, 2.05) is 12.1 Å². The maximum absolute atomic E-state index is 5.94. The van der Waals surface area contributed by atoms with Crippen LogP contribution in [0.25, 0.3) is 0 Å². The molecule has 3 heteroatoms. The minimum atomic E-state index is 0.347. The molecule has 0 aromatic heterocycles. The molecular weight excluding hydrogens is 294 g/mol. The van der Waals surface area contributed by atoms with Crippen LogP contribution >= 0.6 is 11.6 Å². The van der Waals surface area contributed by atoms with Gasteiger partial charge in [0.2, 0.25) is 0 Å². The number of nitrogens with zero attached hydrogens (tertiary/aromatic N) is 1. The topological polar surface area (TPSA) is 12.5 Å². The molecule has 118 valence electrons. The van der Waals surface area contributed by atoms with Crippen molar-refractivity contribution in [2.45, 2.75) is 19.3 Å². The first-order valence-electron chi connectivity index (χ1n) is 7.69. The molecule has 0 saturated carbocycles. The minimum Gasteiger partial charge on any atom is -0.494 e. The van der Waals surface area contributed by atoms with Gasteiger partial charge < -0.3 is 9.64 Å². The average Bonchev–Trinajstić information content (AvgIpc) is 2.52. The maximum atomic E-state index is 5.94. The van der Waals surface area contributed by atoms with Gasteiger partial charge in [-0.2, -0.15) is 0 Å². The molecule has 2 aromatic rings. The van der Waals surface area contributed by atoms with Gasteiger partial charge in [-0.3, -0.25) is 0 Å². The lowest BCUT2D eigenvalue weighted by atomic mass is 9.93. The van der Waals surface area contributed by atoms with E-state index in [4.69, 9.17) is 16.3 Å². The van der Waals surface area contributed by atoms with Gasteiger partial charge in [0.25, 0.3) is 0 Å². The molecule has 0 aliphatic carbocycles. The summed E-state index contributed by atoms with van der Waals surface area (Å²) in [5.74, 6) is 1.28. The molecule has 0 radical (unpaired) electrons. The maximum Gasteiger partial charge on any atom is 0.119 e. The molecule has 22 heavy (non-hydrogen) atoms. The molecule has 0 amide bonds. The fourth-order valence-corrected chi connectivity index (χ4v) is 2.49. The predicted molar refractivity (Wildman–Crippen MR) is 94.1 cm³/mol. The van der Waals surface area contributed by atoms with Crippen LogP contribution in [0.15, 0.2) is 48.5 Å². The molecule has 0 aliphatic heterocycles. The van der Waals surface area contributed by atoms with E-state index in [2.05, 4.69) is 62.3 Å². The van der Waals surface area contributed by atoms with Crippen LogP contribution < -0.4 is 4.74 Å². The molecule has 0 N–H and O–H groups in total. The van der Waals surface area contributed by atoms with Crippen molar-refractivity contribution < 1.29 is 4.74 Å². The van der Waals surface area contributed by atoms with Crippen LogP contribution in [0, 0.1) is 0 Å². The summed E-state index contributed by atoms with van der Waals surface area (Å²) in [4.78, 5) is 2.17. The molecule has 0 aliphatic rings. The lowest BCUT2D eigenvalue weighted by Gasteiger charge is -2.14. The Morgan fingerprint density at radius 2 is 1.50 bits per heavy atom. The molecule has 1 unspecified atom stereocenters. The summed E-state index contributed by atoms with van der Waals surface area (Å²) in [6.07, 6.45) is 1.04. The van der Waals surface area contributed by atoms with Crippen molar-refractivity contribution >= 4 is 11.6 Å². The van der Waals surface area contributed by atoms with Crippen LogP contribution in [0.3, 0.4) is 0 Å². The molecule has 0 spiro atoms. The lowest BCUT2D eigenvalue weighted by Crippen LogP contribution is -2.15. The van der Waals surface area contributed by atoms with Gasteiger partial charge in [0, 0.05) is 17.5 Å². The first-order valence-corrected chi connectivity index (χ1v) is 8.07. The molecule has 0 saturated heterocycles. The highest BCUT2D eigenvalue weighted by Crippen LogP contribution is 2.26. The third-order valence-electron chi connectivity index (χ3n) is 3.77. The smallest absolute Gasteiger partial charge is 0.119 e. The highest BCUT2D eigenvalue weighted by Gasteiger charge is 2.08. The van der Waals surface area contributed by atoms with E-state index in [9.17, 15) is 0 Å². The Labute approximate surface area is 138 Å². The Morgan fingerprint density at radius 1 is 0.955 bits per heavy atom. The highest BCUT2D eigenvalue weighted by atomic mass is 35.5. The fourth-order valence-electron chi connectivity index (χ4n) is 2.37. The molecule has 1 atom stereocenters. The van der Waals surface area contributed by atoms with Crippen LogP contribution in [0.5, 0.6) is 5.75 Å². The highest BCUT2D eigenvalue weighted by molar-refractivity contribution is 6.30. The number of benzene rings is 2. The standard InChI is InChI=1S/C19H24ClNO/c1-15(16-5-9-18(20)10-6-16)17-7-11-19(12-8-17)22-14-4-13-21(2)3/h5-12,15H,4,13-14H2,1-3H3. The van der Waals surface area contributed by atoms with Gasteiger partial charge in [0.1, 0.15) is 5.75 Å². The SMILES string of the molecule is CC(c1ccc(Cl)cc1)c1ccc(OCCCN(C)C)cc1. The van der Waals surface area contributed by atoms with Gasteiger partial charge >= 0.3 is 0 Å². The molecule has 0 heterocycles. The summed E-state index contributed by atoms with van der Waals surface area (Å²) in [6.45, 7) is 4.01. The van der Waals surface area contributed by atoms with E-state index >= 15 is 0 Å². The van der Waals surface area contributed by atoms with Crippen molar-refractivity contribution in [1.29, 1.82) is 0 Å². The van der Waals surface area contributed by atoms with Crippen molar-refractivity contribution in [1.82, 2.24) is 4.90 Å². The fraction of sp³-hybridized carbons (Fsp3) is 0.368. The normalized spacial score (nSPS) is 12.4. The van der Waals surface area contributed by atoms with Crippen LogP contribution in [-0.4, -0.2) is 32.1 Å². The number of rotatable bonds is 7. The van der Waals surface area contributed by atoms with Crippen LogP contribution in [0.1, 0.15) is 30.4 Å². The summed E-state index contributed by atoms with van der Waals surface area (Å²) in [5, 5.41) is 0.775. The Kier molecular flexibility index (Phi) is 6.29. The second kappa shape index (κ2) is 8.21. The molecular formula is C19H24ClNO. The monoisotopic (exact) mass is 317 g/mol. The van der Waals surface area contributed by atoms with Crippen molar-refractivity contribution in [2.24, 2.45) is 0 Å². The third kappa shape index (κ3) is 5.04. The Morgan fingerprint density at radius 3 is 2.05 bits per heavy atom. The summed E-state index contributed by atoms with van der Waals surface area (Å²) in [5.41, 5.74) is 2.55. The number of ether oxygens (including phenoxy) is 1. The zero-order valence-corrected chi connectivity index (χ0v) is 14.3. The van der Waals surface area contributed by atoms with Crippen LogP contribution in [0.4, 0.5) is 0 Å². The predicted octanol–water partition coefficient (Wildman–Crippen LogP) is 4.82. The Bertz CT molecular complexity index is 563. The first-order chi connectivity index (χ1) is 10.6. The largest absolute Gasteiger partial charge is 0.494 e. The lowest BCUT2D eigenvalue weighted by molar-refractivity contribution is 0.281. The van der Waals surface area contributed by atoms with Crippen molar-refractivity contribution in [3.05, 3.63) is 64.7 Å². The van der Waals surface area contributed by atoms with E-state index in [1.165, 1.54) is 11.1 Å². The molecule has 2 rings (SSSR count). The second-order valence-electron chi connectivity index (χ2n) is 5.85. The first kappa shape index (κ1) is 16.9. The zero-order valence-electron chi connectivity index (χ0n) is 13.6. The molecule has 0 bridgehead atoms. The zero-order chi connectivity index (χ0) is 15.9. The van der Waals surface area contributed by atoms with Gasteiger partial charge in [0.15, 0.2) is 0 Å². The van der Waals surface area contributed by atoms with Crippen molar-refractivity contribution in [3.8, 4) is 5.75 Å². The summed E-state index contributed by atoms with van der Waals surface area (Å²) >= 11 is 5.94. The quantitative estimate of drug-likeness (QED) is 0.679. The second-order valence-corrected chi connectivity index (χ2v) is 6.28. The van der Waals surface area contributed by atoms with E-state index in [-0.39, 0.29) is 0 Å². The summed E-state index contributed by atoms with van der Waals surface area (Å²) in [6, 6.07) is 16.4. The number of hydrogen-bond donors (Lipinski definition) is 0. The minimum absolute atomic E-state index is 0.347. The van der Waals surface area contributed by atoms with Gasteiger partial charge in [-0.25, -0.2) is 0 Å². The van der Waals surface area contributed by atoms with Crippen molar-refractivity contribution in [3.63, 3.8) is 0 Å². The molecule has 2 aromatic carbocycles. The molecule has 2 nitrogen and oxygen atoms in total. The van der Waals surface area contributed by atoms with Gasteiger partial charge in [0.05, 0.1) is 6.61 Å². The summed E-state index contributed by atoms with van der Waals surface area (Å²) < 4.78 is 5.77. The Hall–Kier alpha value is -1.51. The number of hydrogen-bond acceptors (Lipinski definition) is 2. The van der Waals surface area contributed by atoms with Crippen LogP contribution in [-0.2, 0) is 0 Å². The van der Waals surface area contributed by atoms with E-state index in [0.29, 0.717) is 5.92 Å². The van der Waals surface area contributed by atoms with Gasteiger partial charge in [-0.1, -0.05) is 42.8 Å². The van der Waals surface area contributed by atoms with E-state index in [1.54, 1.807) is 0 Å². The van der Waals surface area contributed by atoms with Crippen LogP contribution in [0.2, 0.25) is 5.02 Å².